The molecule has 0 bridgehead atoms. The Bertz CT molecular complexity index is 202. The van der Waals surface area contributed by atoms with Crippen LogP contribution in [0.3, 0.4) is 0 Å². The van der Waals surface area contributed by atoms with Gasteiger partial charge in [-0.1, -0.05) is 20.8 Å². The average molecular weight is 242 g/mol. The van der Waals surface area contributed by atoms with Gasteiger partial charge in [0, 0.05) is 25.2 Å². The third-order valence-corrected chi connectivity index (χ3v) is 3.88. The molecule has 0 aromatic heterocycles. The number of nitrogens with zero attached hydrogens (tertiary/aromatic N) is 1. The lowest BCUT2D eigenvalue weighted by atomic mass is 10.0. The van der Waals surface area contributed by atoms with Gasteiger partial charge >= 0.3 is 0 Å². The zero-order chi connectivity index (χ0) is 12.8. The largest absolute Gasteiger partial charge is 0.377 e. The summed E-state index contributed by atoms with van der Waals surface area (Å²) in [5.74, 6) is 0.670. The maximum absolute atomic E-state index is 5.69. The summed E-state index contributed by atoms with van der Waals surface area (Å²) < 4.78 is 5.69. The number of ether oxygens (including phenoxy) is 1. The van der Waals surface area contributed by atoms with E-state index in [-0.39, 0.29) is 0 Å². The molecule has 3 unspecified atom stereocenters. The molecule has 0 saturated carbocycles. The molecule has 0 amide bonds. The van der Waals surface area contributed by atoms with E-state index in [4.69, 9.17) is 4.74 Å². The lowest BCUT2D eigenvalue weighted by molar-refractivity contribution is 0.0614. The molecule has 3 heteroatoms. The second-order valence-electron chi connectivity index (χ2n) is 5.86. The minimum Gasteiger partial charge on any atom is -0.377 e. The fourth-order valence-corrected chi connectivity index (χ4v) is 2.30. The third kappa shape index (κ3) is 5.36. The molecule has 1 aliphatic heterocycles. The van der Waals surface area contributed by atoms with Crippen molar-refractivity contribution >= 4 is 0 Å². The topological polar surface area (TPSA) is 24.5 Å². The standard InChI is InChI=1S/C14H30N2O/c1-11(2)15-9-12(3)13(4)16(5)10-14-7-6-8-17-14/h11-15H,6-10H2,1-5H3. The van der Waals surface area contributed by atoms with Crippen LogP contribution in [-0.4, -0.2) is 49.8 Å². The van der Waals surface area contributed by atoms with E-state index < -0.39 is 0 Å². The zero-order valence-corrected chi connectivity index (χ0v) is 12.2. The summed E-state index contributed by atoms with van der Waals surface area (Å²) in [5.41, 5.74) is 0. The fourth-order valence-electron chi connectivity index (χ4n) is 2.30. The summed E-state index contributed by atoms with van der Waals surface area (Å²) >= 11 is 0. The van der Waals surface area contributed by atoms with Gasteiger partial charge in [0.25, 0.3) is 0 Å². The van der Waals surface area contributed by atoms with Crippen molar-refractivity contribution < 1.29 is 4.74 Å². The van der Waals surface area contributed by atoms with Crippen LogP contribution < -0.4 is 5.32 Å². The first-order valence-electron chi connectivity index (χ1n) is 7.06. The molecule has 1 N–H and O–H groups in total. The maximum atomic E-state index is 5.69. The highest BCUT2D eigenvalue weighted by atomic mass is 16.5. The molecule has 102 valence electrons. The summed E-state index contributed by atoms with van der Waals surface area (Å²) in [4.78, 5) is 2.45. The van der Waals surface area contributed by atoms with E-state index in [1.165, 1.54) is 12.8 Å². The first-order valence-corrected chi connectivity index (χ1v) is 7.06. The number of rotatable bonds is 7. The smallest absolute Gasteiger partial charge is 0.0702 e. The van der Waals surface area contributed by atoms with E-state index in [1.54, 1.807) is 0 Å². The van der Waals surface area contributed by atoms with Crippen molar-refractivity contribution in [3.8, 4) is 0 Å². The van der Waals surface area contributed by atoms with E-state index >= 15 is 0 Å². The quantitative estimate of drug-likeness (QED) is 0.740. The van der Waals surface area contributed by atoms with Crippen LogP contribution in [-0.2, 0) is 4.74 Å². The fraction of sp³-hybridized carbons (Fsp3) is 1.00. The number of likely N-dealkylation sites (N-methyl/N-ethyl adjacent to an activating group) is 1. The molecule has 0 spiro atoms. The van der Waals surface area contributed by atoms with Gasteiger partial charge in [-0.05, 0) is 39.3 Å². The molecule has 0 aromatic rings. The lowest BCUT2D eigenvalue weighted by Gasteiger charge is -2.32. The Balaban J connectivity index is 2.26. The van der Waals surface area contributed by atoms with E-state index in [0.29, 0.717) is 24.1 Å². The Labute approximate surface area is 107 Å². The average Bonchev–Trinajstić information content (AvgIpc) is 2.77. The normalized spacial score (nSPS) is 24.5. The van der Waals surface area contributed by atoms with E-state index in [9.17, 15) is 0 Å². The Hall–Kier alpha value is -0.120. The zero-order valence-electron chi connectivity index (χ0n) is 12.2. The van der Waals surface area contributed by atoms with Crippen molar-refractivity contribution in [1.29, 1.82) is 0 Å². The molecular weight excluding hydrogens is 212 g/mol. The first-order chi connectivity index (χ1) is 8.00. The van der Waals surface area contributed by atoms with Crippen LogP contribution >= 0.6 is 0 Å². The van der Waals surface area contributed by atoms with Crippen molar-refractivity contribution in [2.45, 2.75) is 58.7 Å². The molecule has 0 aliphatic carbocycles. The molecule has 1 rings (SSSR count). The second-order valence-corrected chi connectivity index (χ2v) is 5.86. The van der Waals surface area contributed by atoms with Crippen molar-refractivity contribution in [3.05, 3.63) is 0 Å². The van der Waals surface area contributed by atoms with Crippen LogP contribution in [0.5, 0.6) is 0 Å². The van der Waals surface area contributed by atoms with Crippen LogP contribution in [0.25, 0.3) is 0 Å². The van der Waals surface area contributed by atoms with Crippen LogP contribution in [0, 0.1) is 5.92 Å². The van der Waals surface area contributed by atoms with Gasteiger partial charge in [0.15, 0.2) is 0 Å². The second kappa shape index (κ2) is 7.34. The number of hydrogen-bond donors (Lipinski definition) is 1. The van der Waals surface area contributed by atoms with Crippen LogP contribution in [0.15, 0.2) is 0 Å². The molecule has 1 fully saturated rings. The van der Waals surface area contributed by atoms with Gasteiger partial charge in [0.2, 0.25) is 0 Å². The van der Waals surface area contributed by atoms with Gasteiger partial charge in [-0.2, -0.15) is 0 Å². The highest BCUT2D eigenvalue weighted by molar-refractivity contribution is 4.76. The van der Waals surface area contributed by atoms with Crippen molar-refractivity contribution in [1.82, 2.24) is 10.2 Å². The number of nitrogens with one attached hydrogen (secondary N) is 1. The predicted octanol–water partition coefficient (Wildman–Crippen LogP) is 2.12. The molecule has 0 aromatic carbocycles. The summed E-state index contributed by atoms with van der Waals surface area (Å²) in [5, 5.41) is 3.52. The van der Waals surface area contributed by atoms with Crippen molar-refractivity contribution in [2.75, 3.05) is 26.7 Å². The number of hydrogen-bond acceptors (Lipinski definition) is 3. The van der Waals surface area contributed by atoms with Gasteiger partial charge in [0.1, 0.15) is 0 Å². The Kier molecular flexibility index (Phi) is 6.45. The Morgan fingerprint density at radius 3 is 2.53 bits per heavy atom. The van der Waals surface area contributed by atoms with E-state index in [0.717, 1.165) is 19.7 Å². The Morgan fingerprint density at radius 1 is 1.29 bits per heavy atom. The molecule has 3 atom stereocenters. The van der Waals surface area contributed by atoms with Crippen molar-refractivity contribution in [2.24, 2.45) is 5.92 Å². The van der Waals surface area contributed by atoms with Gasteiger partial charge in [-0.25, -0.2) is 0 Å². The highest BCUT2D eigenvalue weighted by Crippen LogP contribution is 2.16. The third-order valence-electron chi connectivity index (χ3n) is 3.88. The summed E-state index contributed by atoms with van der Waals surface area (Å²) in [6, 6.07) is 1.18. The van der Waals surface area contributed by atoms with Gasteiger partial charge in [0.05, 0.1) is 6.10 Å². The van der Waals surface area contributed by atoms with Gasteiger partial charge < -0.3 is 15.0 Å². The maximum Gasteiger partial charge on any atom is 0.0702 e. The van der Waals surface area contributed by atoms with Crippen LogP contribution in [0.4, 0.5) is 0 Å². The van der Waals surface area contributed by atoms with E-state index in [2.05, 4.69) is 45.0 Å². The lowest BCUT2D eigenvalue weighted by Crippen LogP contribution is -2.43. The summed E-state index contributed by atoms with van der Waals surface area (Å²) in [7, 11) is 2.22. The minimum atomic E-state index is 0.465. The molecule has 1 heterocycles. The SMILES string of the molecule is CC(C)NCC(C)C(C)N(C)CC1CCCO1. The monoisotopic (exact) mass is 242 g/mol. The molecular formula is C14H30N2O. The van der Waals surface area contributed by atoms with Gasteiger partial charge in [-0.3, -0.25) is 0 Å². The molecule has 1 aliphatic rings. The highest BCUT2D eigenvalue weighted by Gasteiger charge is 2.22. The van der Waals surface area contributed by atoms with Crippen LogP contribution in [0.2, 0.25) is 0 Å². The molecule has 17 heavy (non-hydrogen) atoms. The first kappa shape index (κ1) is 14.9. The van der Waals surface area contributed by atoms with E-state index in [1.807, 2.05) is 0 Å². The van der Waals surface area contributed by atoms with Crippen LogP contribution in [0.1, 0.15) is 40.5 Å². The molecule has 1 saturated heterocycles. The van der Waals surface area contributed by atoms with Gasteiger partial charge in [-0.15, -0.1) is 0 Å². The minimum absolute atomic E-state index is 0.465. The molecule has 3 nitrogen and oxygen atoms in total. The molecule has 0 radical (unpaired) electrons. The predicted molar refractivity (Wildman–Crippen MR) is 73.4 cm³/mol. The Morgan fingerprint density at radius 2 is 2.00 bits per heavy atom. The summed E-state index contributed by atoms with van der Waals surface area (Å²) in [6.45, 7) is 12.2. The summed E-state index contributed by atoms with van der Waals surface area (Å²) in [6.07, 6.45) is 2.93. The van der Waals surface area contributed by atoms with Crippen molar-refractivity contribution in [3.63, 3.8) is 0 Å².